The van der Waals surface area contributed by atoms with Crippen molar-refractivity contribution < 1.29 is 45.0 Å². The molecule has 34 heavy (non-hydrogen) atoms. The molecule has 0 unspecified atom stereocenters. The number of carbonyl (C=O) groups is 1. The van der Waals surface area contributed by atoms with Crippen molar-refractivity contribution in [3.63, 3.8) is 0 Å². The first kappa shape index (κ1) is 24.8. The normalized spacial score (nSPS) is 11.8. The van der Waals surface area contributed by atoms with Gasteiger partial charge in [-0.05, 0) is 24.3 Å². The van der Waals surface area contributed by atoms with Crippen molar-refractivity contribution >= 4 is 23.2 Å². The number of nitrogens with zero attached hydrogens (tertiary/aromatic N) is 1. The molecule has 2 N–H and O–H groups in total. The van der Waals surface area contributed by atoms with Crippen LogP contribution in [-0.2, 0) is 6.18 Å². The molecule has 0 radical (unpaired) electrons. The summed E-state index contributed by atoms with van der Waals surface area (Å²) >= 11 is 5.65. The predicted molar refractivity (Wildman–Crippen MR) is 102 cm³/mol. The summed E-state index contributed by atoms with van der Waals surface area (Å²) in [7, 11) is 0. The maximum absolute atomic E-state index is 13.4. The molecule has 0 aliphatic carbocycles. The van der Waals surface area contributed by atoms with Crippen molar-refractivity contribution in [2.75, 3.05) is 5.32 Å². The maximum Gasteiger partial charge on any atom is 0.573 e. The number of benzene rings is 2. The number of amides is 1. The summed E-state index contributed by atoms with van der Waals surface area (Å²) < 4.78 is 100. The first-order chi connectivity index (χ1) is 15.7. The fourth-order valence-electron chi connectivity index (χ4n) is 2.56. The third-order valence-corrected chi connectivity index (χ3v) is 4.21. The average Bonchev–Trinajstić information content (AvgIpc) is 2.68. The van der Waals surface area contributed by atoms with Crippen LogP contribution in [0.15, 0.2) is 47.4 Å². The summed E-state index contributed by atoms with van der Waals surface area (Å²) in [6.07, 6.45) is -9.33. The van der Waals surface area contributed by atoms with E-state index in [0.717, 1.165) is 12.3 Å². The first-order valence-corrected chi connectivity index (χ1v) is 9.11. The molecule has 0 aliphatic rings. The third-order valence-electron chi connectivity index (χ3n) is 3.89. The van der Waals surface area contributed by atoms with Gasteiger partial charge in [0.05, 0.1) is 28.0 Å². The number of alkyl halides is 6. The highest BCUT2D eigenvalue weighted by atomic mass is 35.5. The van der Waals surface area contributed by atoms with Gasteiger partial charge in [-0.25, -0.2) is 9.49 Å². The monoisotopic (exact) mass is 511 g/mol. The van der Waals surface area contributed by atoms with Gasteiger partial charge in [0, 0.05) is 12.1 Å². The van der Waals surface area contributed by atoms with Crippen LogP contribution in [0, 0.1) is 5.82 Å². The van der Waals surface area contributed by atoms with E-state index in [1.54, 1.807) is 0 Å². The number of H-pyrrole nitrogens is 1. The van der Waals surface area contributed by atoms with Crippen LogP contribution in [0.1, 0.15) is 15.9 Å². The summed E-state index contributed by atoms with van der Waals surface area (Å²) in [5.41, 5.74) is -3.03. The zero-order valence-electron chi connectivity index (χ0n) is 16.1. The molecule has 1 aromatic heterocycles. The highest BCUT2D eigenvalue weighted by Gasteiger charge is 2.36. The third kappa shape index (κ3) is 6.15. The van der Waals surface area contributed by atoms with Gasteiger partial charge in [0.25, 0.3) is 11.5 Å². The molecule has 0 saturated carbocycles. The molecule has 180 valence electrons. The second-order valence-corrected chi connectivity index (χ2v) is 6.76. The Morgan fingerprint density at radius 3 is 2.32 bits per heavy atom. The number of carbonyl (C=O) groups excluding carboxylic acids is 1. The van der Waals surface area contributed by atoms with Crippen LogP contribution in [-0.4, -0.2) is 22.5 Å². The lowest BCUT2D eigenvalue weighted by Crippen LogP contribution is -2.18. The molecule has 0 aliphatic heterocycles. The molecule has 0 bridgehead atoms. The molecule has 3 aromatic rings. The van der Waals surface area contributed by atoms with Gasteiger partial charge in [0.15, 0.2) is 11.5 Å². The van der Waals surface area contributed by atoms with Crippen LogP contribution in [0.25, 0.3) is 0 Å². The Kier molecular flexibility index (Phi) is 6.72. The van der Waals surface area contributed by atoms with Crippen molar-refractivity contribution in [2.24, 2.45) is 0 Å². The topological polar surface area (TPSA) is 93.3 Å². The number of ether oxygens (including phenoxy) is 2. The number of hydrogen-bond acceptors (Lipinski definition) is 5. The van der Waals surface area contributed by atoms with Crippen molar-refractivity contribution in [1.29, 1.82) is 0 Å². The largest absolute Gasteiger partial charge is 0.573 e. The second kappa shape index (κ2) is 9.21. The van der Waals surface area contributed by atoms with Crippen molar-refractivity contribution in [1.82, 2.24) is 10.2 Å². The van der Waals surface area contributed by atoms with E-state index in [0.29, 0.717) is 18.2 Å². The van der Waals surface area contributed by atoms with Crippen LogP contribution in [0.5, 0.6) is 17.2 Å². The van der Waals surface area contributed by atoms with Gasteiger partial charge in [-0.3, -0.25) is 9.59 Å². The Labute approximate surface area is 189 Å². The lowest BCUT2D eigenvalue weighted by Gasteiger charge is -2.18. The molecule has 0 fully saturated rings. The van der Waals surface area contributed by atoms with Gasteiger partial charge < -0.3 is 14.8 Å². The predicted octanol–water partition coefficient (Wildman–Crippen LogP) is 5.52. The SMILES string of the molecule is O=C(Nc1cn[nH]c(=O)c1)c1cc(Cl)c(C(F)(F)F)cc1Oc1ccc(F)cc1OC(F)(F)F. The quantitative estimate of drug-likeness (QED) is 0.440. The molecule has 0 saturated heterocycles. The van der Waals surface area contributed by atoms with Crippen LogP contribution >= 0.6 is 11.6 Å². The molecule has 7 nitrogen and oxygen atoms in total. The minimum atomic E-state index is -5.30. The van der Waals surface area contributed by atoms with E-state index >= 15 is 0 Å². The molecule has 15 heteroatoms. The Morgan fingerprint density at radius 2 is 1.71 bits per heavy atom. The smallest absolute Gasteiger partial charge is 0.453 e. The zero-order chi connectivity index (χ0) is 25.3. The molecular weight excluding hydrogens is 503 g/mol. The molecule has 1 amide bonds. The van der Waals surface area contributed by atoms with E-state index in [4.69, 9.17) is 16.3 Å². The summed E-state index contributed by atoms with van der Waals surface area (Å²) in [6.45, 7) is 0. The van der Waals surface area contributed by atoms with E-state index in [1.165, 1.54) is 0 Å². The van der Waals surface area contributed by atoms with Gasteiger partial charge in [0.1, 0.15) is 11.6 Å². The number of aromatic amines is 1. The molecule has 2 aromatic carbocycles. The molecule has 0 spiro atoms. The Bertz CT molecular complexity index is 1290. The number of nitrogens with one attached hydrogen (secondary N) is 2. The fraction of sp³-hybridized carbons (Fsp3) is 0.105. The van der Waals surface area contributed by atoms with Crippen LogP contribution in [0.4, 0.5) is 36.4 Å². The minimum absolute atomic E-state index is 0.168. The number of anilines is 1. The average molecular weight is 512 g/mol. The Hall–Kier alpha value is -3.81. The molecule has 1 heterocycles. The van der Waals surface area contributed by atoms with Gasteiger partial charge in [-0.2, -0.15) is 18.3 Å². The molecule has 0 atom stereocenters. The van der Waals surface area contributed by atoms with Gasteiger partial charge in [-0.15, -0.1) is 13.2 Å². The van der Waals surface area contributed by atoms with Crippen molar-refractivity contribution in [2.45, 2.75) is 12.5 Å². The van der Waals surface area contributed by atoms with Crippen LogP contribution < -0.4 is 20.3 Å². The number of rotatable bonds is 5. The lowest BCUT2D eigenvalue weighted by molar-refractivity contribution is -0.275. The summed E-state index contributed by atoms with van der Waals surface area (Å²) in [5, 5.41) is 6.68. The maximum atomic E-state index is 13.4. The number of aromatic nitrogens is 2. The Balaban J connectivity index is 2.10. The number of halogens is 8. The van der Waals surface area contributed by atoms with Gasteiger partial charge in [0.2, 0.25) is 0 Å². The Morgan fingerprint density at radius 1 is 1.00 bits per heavy atom. The lowest BCUT2D eigenvalue weighted by atomic mass is 10.1. The zero-order valence-corrected chi connectivity index (χ0v) is 16.9. The minimum Gasteiger partial charge on any atom is -0.453 e. The standard InChI is InChI=1S/C19H9ClF7N3O4/c20-12-5-10(17(32)29-9-4-16(31)30-28-7-9)14(6-11(12)18(22,23)24)33-13-2-1-8(21)3-15(13)34-19(25,26)27/h1-7H,(H2,29,30,31,32). The summed E-state index contributed by atoms with van der Waals surface area (Å²) in [6, 6.07) is 3.32. The van der Waals surface area contributed by atoms with Gasteiger partial charge >= 0.3 is 12.5 Å². The van der Waals surface area contributed by atoms with Crippen molar-refractivity contribution in [3.05, 3.63) is 74.9 Å². The van der Waals surface area contributed by atoms with E-state index in [-0.39, 0.29) is 17.8 Å². The number of hydrogen-bond donors (Lipinski definition) is 2. The first-order valence-electron chi connectivity index (χ1n) is 8.73. The highest BCUT2D eigenvalue weighted by Crippen LogP contribution is 2.42. The molecule has 3 rings (SSSR count). The van der Waals surface area contributed by atoms with E-state index < -0.39 is 63.2 Å². The summed E-state index contributed by atoms with van der Waals surface area (Å²) in [4.78, 5) is 24.0. The fourth-order valence-corrected chi connectivity index (χ4v) is 2.84. The molecular formula is C19H9ClF7N3O4. The van der Waals surface area contributed by atoms with E-state index in [1.807, 2.05) is 5.10 Å². The summed E-state index contributed by atoms with van der Waals surface area (Å²) in [5.74, 6) is -5.30. The van der Waals surface area contributed by atoms with Crippen LogP contribution in [0.3, 0.4) is 0 Å². The van der Waals surface area contributed by atoms with E-state index in [2.05, 4.69) is 15.2 Å². The van der Waals surface area contributed by atoms with Crippen LogP contribution in [0.2, 0.25) is 5.02 Å². The highest BCUT2D eigenvalue weighted by molar-refractivity contribution is 6.32. The van der Waals surface area contributed by atoms with E-state index in [9.17, 15) is 40.3 Å². The van der Waals surface area contributed by atoms with Gasteiger partial charge in [-0.1, -0.05) is 11.6 Å². The van der Waals surface area contributed by atoms with Crippen molar-refractivity contribution in [3.8, 4) is 17.2 Å². The second-order valence-electron chi connectivity index (χ2n) is 6.35.